The molecule has 0 unspecified atom stereocenters. The Balaban J connectivity index is 0.00000112. The fourth-order valence-electron chi connectivity index (χ4n) is 1.40. The van der Waals surface area contributed by atoms with Gasteiger partial charge in [-0.2, -0.15) is 0 Å². The monoisotopic (exact) mass is 224 g/mol. The third-order valence-electron chi connectivity index (χ3n) is 2.08. The second kappa shape index (κ2) is 4.14. The molecule has 0 fully saturated rings. The maximum Gasteiger partial charge on any atom is 0.336 e. The quantitative estimate of drug-likeness (QED) is 0.726. The SMILES string of the molecule is Cl.Nc1ccc(C(=O)O)c2cnccc12. The highest BCUT2D eigenvalue weighted by molar-refractivity contribution is 6.06. The standard InChI is InChI=1S/C10H8N2O2.ClH/c11-9-2-1-7(10(13)14)8-5-12-4-3-6(8)9;/h1-5H,11H2,(H,13,14);1H. The number of carbonyl (C=O) groups is 1. The van der Waals surface area contributed by atoms with Crippen LogP contribution in [0.25, 0.3) is 10.8 Å². The van der Waals surface area contributed by atoms with E-state index in [-0.39, 0.29) is 18.0 Å². The maximum absolute atomic E-state index is 10.9. The lowest BCUT2D eigenvalue weighted by molar-refractivity contribution is 0.0699. The smallest absolute Gasteiger partial charge is 0.336 e. The molecule has 0 saturated heterocycles. The first-order valence-corrected chi connectivity index (χ1v) is 4.05. The van der Waals surface area contributed by atoms with Crippen molar-refractivity contribution in [2.75, 3.05) is 5.73 Å². The first-order valence-electron chi connectivity index (χ1n) is 4.05. The van der Waals surface area contributed by atoms with Crippen LogP contribution in [0.1, 0.15) is 10.4 Å². The Labute approximate surface area is 92.1 Å². The molecule has 1 heterocycles. The van der Waals surface area contributed by atoms with E-state index in [4.69, 9.17) is 10.8 Å². The zero-order valence-electron chi connectivity index (χ0n) is 7.68. The van der Waals surface area contributed by atoms with Gasteiger partial charge in [-0.25, -0.2) is 4.79 Å². The van der Waals surface area contributed by atoms with Crippen molar-refractivity contribution in [3.05, 3.63) is 36.2 Å². The summed E-state index contributed by atoms with van der Waals surface area (Å²) in [5.74, 6) is -0.969. The van der Waals surface area contributed by atoms with Crippen LogP contribution >= 0.6 is 12.4 Å². The molecule has 15 heavy (non-hydrogen) atoms. The molecule has 1 aromatic heterocycles. The number of aromatic nitrogens is 1. The first-order chi connectivity index (χ1) is 6.70. The van der Waals surface area contributed by atoms with E-state index in [2.05, 4.69) is 4.98 Å². The summed E-state index contributed by atoms with van der Waals surface area (Å²) >= 11 is 0. The number of fused-ring (bicyclic) bond motifs is 1. The maximum atomic E-state index is 10.9. The van der Waals surface area contributed by atoms with E-state index in [1.165, 1.54) is 12.3 Å². The number of hydrogen-bond donors (Lipinski definition) is 2. The van der Waals surface area contributed by atoms with E-state index in [0.29, 0.717) is 11.1 Å². The van der Waals surface area contributed by atoms with Gasteiger partial charge in [0.15, 0.2) is 0 Å². The molecule has 0 bridgehead atoms. The Morgan fingerprint density at radius 3 is 2.67 bits per heavy atom. The lowest BCUT2D eigenvalue weighted by Gasteiger charge is -2.03. The van der Waals surface area contributed by atoms with Crippen molar-refractivity contribution < 1.29 is 9.90 Å². The number of halogens is 1. The number of nitrogen functional groups attached to an aromatic ring is 1. The summed E-state index contributed by atoms with van der Waals surface area (Å²) in [6.07, 6.45) is 3.10. The van der Waals surface area contributed by atoms with Gasteiger partial charge >= 0.3 is 5.97 Å². The van der Waals surface area contributed by atoms with E-state index in [0.717, 1.165) is 5.39 Å². The molecular weight excluding hydrogens is 216 g/mol. The molecule has 0 amide bonds. The fourth-order valence-corrected chi connectivity index (χ4v) is 1.40. The molecule has 0 aliphatic rings. The molecule has 1 aromatic carbocycles. The molecule has 0 aliphatic heterocycles. The number of carboxylic acids is 1. The van der Waals surface area contributed by atoms with Crippen molar-refractivity contribution in [3.8, 4) is 0 Å². The fraction of sp³-hybridized carbons (Fsp3) is 0. The Morgan fingerprint density at radius 2 is 2.00 bits per heavy atom. The molecule has 2 aromatic rings. The Bertz CT molecular complexity index is 514. The van der Waals surface area contributed by atoms with E-state index >= 15 is 0 Å². The van der Waals surface area contributed by atoms with Crippen LogP contribution in [0.15, 0.2) is 30.6 Å². The molecule has 78 valence electrons. The number of nitrogens with two attached hydrogens (primary N) is 1. The minimum atomic E-state index is -0.969. The van der Waals surface area contributed by atoms with Crippen LogP contribution in [0.3, 0.4) is 0 Å². The van der Waals surface area contributed by atoms with E-state index < -0.39 is 5.97 Å². The van der Waals surface area contributed by atoms with Crippen molar-refractivity contribution in [1.29, 1.82) is 0 Å². The van der Waals surface area contributed by atoms with Gasteiger partial charge in [0.2, 0.25) is 0 Å². The number of hydrogen-bond acceptors (Lipinski definition) is 3. The zero-order valence-corrected chi connectivity index (χ0v) is 8.49. The predicted octanol–water partition coefficient (Wildman–Crippen LogP) is 1.94. The third kappa shape index (κ3) is 1.85. The third-order valence-corrected chi connectivity index (χ3v) is 2.08. The van der Waals surface area contributed by atoms with Crippen LogP contribution < -0.4 is 5.73 Å². The van der Waals surface area contributed by atoms with Crippen LogP contribution in [-0.2, 0) is 0 Å². The molecule has 4 nitrogen and oxygen atoms in total. The van der Waals surface area contributed by atoms with Crippen LogP contribution in [0, 0.1) is 0 Å². The topological polar surface area (TPSA) is 76.2 Å². The van der Waals surface area contributed by atoms with Crippen LogP contribution in [0.5, 0.6) is 0 Å². The molecule has 0 radical (unpaired) electrons. The minimum absolute atomic E-state index is 0. The van der Waals surface area contributed by atoms with Gasteiger partial charge < -0.3 is 10.8 Å². The Hall–Kier alpha value is -1.81. The molecule has 0 aliphatic carbocycles. The Morgan fingerprint density at radius 1 is 1.27 bits per heavy atom. The number of benzene rings is 1. The Kier molecular flexibility index (Phi) is 3.11. The van der Waals surface area contributed by atoms with Gasteiger partial charge in [0.05, 0.1) is 5.56 Å². The number of nitrogens with zero attached hydrogens (tertiary/aromatic N) is 1. The summed E-state index contributed by atoms with van der Waals surface area (Å²) in [6.45, 7) is 0. The highest BCUT2D eigenvalue weighted by Gasteiger charge is 2.09. The van der Waals surface area contributed by atoms with Gasteiger partial charge in [0.25, 0.3) is 0 Å². The van der Waals surface area contributed by atoms with Crippen molar-refractivity contribution >= 4 is 34.8 Å². The van der Waals surface area contributed by atoms with Crippen LogP contribution in [-0.4, -0.2) is 16.1 Å². The van der Waals surface area contributed by atoms with Gasteiger partial charge in [0.1, 0.15) is 0 Å². The number of rotatable bonds is 1. The van der Waals surface area contributed by atoms with Crippen LogP contribution in [0.4, 0.5) is 5.69 Å². The van der Waals surface area contributed by atoms with E-state index in [1.807, 2.05) is 0 Å². The predicted molar refractivity (Wildman–Crippen MR) is 60.4 cm³/mol. The molecule has 5 heteroatoms. The number of anilines is 1. The minimum Gasteiger partial charge on any atom is -0.478 e. The van der Waals surface area contributed by atoms with Gasteiger partial charge in [-0.05, 0) is 18.2 Å². The second-order valence-electron chi connectivity index (χ2n) is 2.93. The van der Waals surface area contributed by atoms with Crippen LogP contribution in [0.2, 0.25) is 0 Å². The summed E-state index contributed by atoms with van der Waals surface area (Å²) < 4.78 is 0. The highest BCUT2D eigenvalue weighted by atomic mass is 35.5. The van der Waals surface area contributed by atoms with Gasteiger partial charge in [0, 0.05) is 28.9 Å². The number of aromatic carboxylic acids is 1. The van der Waals surface area contributed by atoms with Crippen molar-refractivity contribution in [3.63, 3.8) is 0 Å². The molecule has 0 spiro atoms. The van der Waals surface area contributed by atoms with Crippen molar-refractivity contribution in [1.82, 2.24) is 4.98 Å². The summed E-state index contributed by atoms with van der Waals surface area (Å²) in [6, 6.07) is 4.78. The average Bonchev–Trinajstić information content (AvgIpc) is 2.18. The van der Waals surface area contributed by atoms with E-state index in [1.54, 1.807) is 18.3 Å². The van der Waals surface area contributed by atoms with Gasteiger partial charge in [-0.1, -0.05) is 0 Å². The largest absolute Gasteiger partial charge is 0.478 e. The average molecular weight is 225 g/mol. The number of pyridine rings is 1. The number of carboxylic acid groups (broad SMARTS) is 1. The second-order valence-corrected chi connectivity index (χ2v) is 2.93. The van der Waals surface area contributed by atoms with Crippen molar-refractivity contribution in [2.24, 2.45) is 0 Å². The van der Waals surface area contributed by atoms with Crippen molar-refractivity contribution in [2.45, 2.75) is 0 Å². The lowest BCUT2D eigenvalue weighted by Crippen LogP contribution is -1.99. The molecule has 2 rings (SSSR count). The molecule has 0 saturated carbocycles. The molecule has 3 N–H and O–H groups in total. The van der Waals surface area contributed by atoms with Gasteiger partial charge in [-0.15, -0.1) is 12.4 Å². The summed E-state index contributed by atoms with van der Waals surface area (Å²) in [5.41, 5.74) is 6.49. The summed E-state index contributed by atoms with van der Waals surface area (Å²) in [7, 11) is 0. The normalized spacial score (nSPS) is 9.60. The lowest BCUT2D eigenvalue weighted by atomic mass is 10.1. The zero-order chi connectivity index (χ0) is 10.1. The van der Waals surface area contributed by atoms with E-state index in [9.17, 15) is 4.79 Å². The molecule has 0 atom stereocenters. The highest BCUT2D eigenvalue weighted by Crippen LogP contribution is 2.23. The first kappa shape index (κ1) is 11.3. The summed E-state index contributed by atoms with van der Waals surface area (Å²) in [5, 5.41) is 10.2. The van der Waals surface area contributed by atoms with Gasteiger partial charge in [-0.3, -0.25) is 4.98 Å². The molecular formula is C10H9ClN2O2. The summed E-state index contributed by atoms with van der Waals surface area (Å²) in [4.78, 5) is 14.7.